The first-order valence-corrected chi connectivity index (χ1v) is 11.5. The molecule has 8 nitrogen and oxygen atoms in total. The van der Waals surface area contributed by atoms with E-state index in [9.17, 15) is 14.4 Å². The molecule has 2 heterocycles. The van der Waals surface area contributed by atoms with Crippen LogP contribution in [0.5, 0.6) is 0 Å². The molecule has 0 atom stereocenters. The van der Waals surface area contributed by atoms with Crippen molar-refractivity contribution in [2.75, 3.05) is 56.6 Å². The van der Waals surface area contributed by atoms with Gasteiger partial charge >= 0.3 is 0 Å². The molecular formula is C25H30N4O4. The molecule has 2 aliphatic rings. The summed E-state index contributed by atoms with van der Waals surface area (Å²) < 4.78 is 5.28. The number of ether oxygens (including phenoxy) is 1. The molecule has 2 aliphatic heterocycles. The molecule has 0 bridgehead atoms. The summed E-state index contributed by atoms with van der Waals surface area (Å²) in [5, 5.41) is 5.90. The Labute approximate surface area is 193 Å². The highest BCUT2D eigenvalue weighted by Gasteiger charge is 2.19. The van der Waals surface area contributed by atoms with Gasteiger partial charge in [-0.25, -0.2) is 0 Å². The number of morpholine rings is 1. The predicted molar refractivity (Wildman–Crippen MR) is 126 cm³/mol. The van der Waals surface area contributed by atoms with Crippen molar-refractivity contribution >= 4 is 29.1 Å². The van der Waals surface area contributed by atoms with Crippen molar-refractivity contribution in [1.82, 2.24) is 9.80 Å². The van der Waals surface area contributed by atoms with Crippen molar-refractivity contribution in [1.29, 1.82) is 0 Å². The van der Waals surface area contributed by atoms with Crippen LogP contribution >= 0.6 is 0 Å². The zero-order chi connectivity index (χ0) is 23.0. The van der Waals surface area contributed by atoms with Gasteiger partial charge in [0.2, 0.25) is 5.91 Å². The second-order valence-corrected chi connectivity index (χ2v) is 8.31. The van der Waals surface area contributed by atoms with Crippen LogP contribution in [0.4, 0.5) is 11.4 Å². The van der Waals surface area contributed by atoms with Gasteiger partial charge in [0.05, 0.1) is 19.8 Å². The van der Waals surface area contributed by atoms with Crippen molar-refractivity contribution in [3.05, 3.63) is 59.7 Å². The van der Waals surface area contributed by atoms with Crippen LogP contribution in [0, 0.1) is 0 Å². The van der Waals surface area contributed by atoms with E-state index in [1.807, 2.05) is 4.90 Å². The standard InChI is InChI=1S/C25H30N4O4/c30-23(27-22-10-6-20(7-11-22)24(31)28-12-2-1-3-13-28)18-26-21-8-4-19(5-9-21)25(32)29-14-16-33-17-15-29/h4-11,26H,1-3,12-18H2,(H,27,30). The number of carbonyl (C=O) groups excluding carboxylic acids is 3. The van der Waals surface area contributed by atoms with Gasteiger partial charge in [-0.3, -0.25) is 14.4 Å². The van der Waals surface area contributed by atoms with Crippen LogP contribution < -0.4 is 10.6 Å². The van der Waals surface area contributed by atoms with E-state index in [2.05, 4.69) is 10.6 Å². The van der Waals surface area contributed by atoms with Crippen LogP contribution in [-0.2, 0) is 9.53 Å². The number of nitrogens with zero attached hydrogens (tertiary/aromatic N) is 2. The second-order valence-electron chi connectivity index (χ2n) is 8.31. The number of carbonyl (C=O) groups is 3. The molecule has 2 aromatic rings. The van der Waals surface area contributed by atoms with Crippen LogP contribution in [-0.4, -0.2) is 73.5 Å². The Hall–Kier alpha value is -3.39. The molecule has 33 heavy (non-hydrogen) atoms. The molecule has 2 saturated heterocycles. The summed E-state index contributed by atoms with van der Waals surface area (Å²) in [5.74, 6) is -0.159. The maximum absolute atomic E-state index is 12.5. The van der Waals surface area contributed by atoms with Gasteiger partial charge in [-0.05, 0) is 67.8 Å². The smallest absolute Gasteiger partial charge is 0.254 e. The van der Waals surface area contributed by atoms with E-state index in [0.29, 0.717) is 43.1 Å². The third-order valence-electron chi connectivity index (χ3n) is 5.94. The first-order chi connectivity index (χ1) is 16.1. The van der Waals surface area contributed by atoms with Crippen molar-refractivity contribution in [3.8, 4) is 0 Å². The lowest BCUT2D eigenvalue weighted by Crippen LogP contribution is -2.40. The summed E-state index contributed by atoms with van der Waals surface area (Å²) in [5.41, 5.74) is 2.65. The highest BCUT2D eigenvalue weighted by Crippen LogP contribution is 2.16. The molecule has 0 aromatic heterocycles. The Kier molecular flexibility index (Phi) is 7.57. The lowest BCUT2D eigenvalue weighted by Gasteiger charge is -2.26. The molecule has 0 radical (unpaired) electrons. The van der Waals surface area contributed by atoms with Gasteiger partial charge in [0.1, 0.15) is 0 Å². The summed E-state index contributed by atoms with van der Waals surface area (Å²) in [6.07, 6.45) is 3.29. The molecule has 2 N–H and O–H groups in total. The molecule has 174 valence electrons. The fraction of sp³-hybridized carbons (Fsp3) is 0.400. The van der Waals surface area contributed by atoms with E-state index >= 15 is 0 Å². The average Bonchev–Trinajstić information content (AvgIpc) is 2.88. The lowest BCUT2D eigenvalue weighted by molar-refractivity contribution is -0.114. The predicted octanol–water partition coefficient (Wildman–Crippen LogP) is 2.84. The van der Waals surface area contributed by atoms with Gasteiger partial charge in [0.15, 0.2) is 0 Å². The average molecular weight is 451 g/mol. The molecule has 0 saturated carbocycles. The SMILES string of the molecule is O=C(CNc1ccc(C(=O)N2CCOCC2)cc1)Nc1ccc(C(=O)N2CCCCC2)cc1. The maximum Gasteiger partial charge on any atom is 0.254 e. The van der Waals surface area contributed by atoms with E-state index in [1.165, 1.54) is 6.42 Å². The number of benzene rings is 2. The van der Waals surface area contributed by atoms with E-state index in [0.717, 1.165) is 31.6 Å². The number of likely N-dealkylation sites (tertiary alicyclic amines) is 1. The fourth-order valence-electron chi connectivity index (χ4n) is 4.04. The van der Waals surface area contributed by atoms with Gasteiger partial charge < -0.3 is 25.2 Å². The molecule has 8 heteroatoms. The van der Waals surface area contributed by atoms with E-state index in [-0.39, 0.29) is 24.3 Å². The lowest BCUT2D eigenvalue weighted by atomic mass is 10.1. The topological polar surface area (TPSA) is 91.0 Å². The van der Waals surface area contributed by atoms with Crippen molar-refractivity contribution in [2.45, 2.75) is 19.3 Å². The molecule has 0 spiro atoms. The maximum atomic E-state index is 12.5. The zero-order valence-corrected chi connectivity index (χ0v) is 18.7. The number of hydrogen-bond donors (Lipinski definition) is 2. The number of hydrogen-bond acceptors (Lipinski definition) is 5. The molecular weight excluding hydrogens is 420 g/mol. The van der Waals surface area contributed by atoms with Crippen molar-refractivity contribution in [3.63, 3.8) is 0 Å². The fourth-order valence-corrected chi connectivity index (χ4v) is 4.04. The summed E-state index contributed by atoms with van der Waals surface area (Å²) in [6.45, 7) is 4.05. The molecule has 3 amide bonds. The molecule has 0 aliphatic carbocycles. The van der Waals surface area contributed by atoms with E-state index < -0.39 is 0 Å². The summed E-state index contributed by atoms with van der Waals surface area (Å²) in [4.78, 5) is 41.0. The molecule has 0 unspecified atom stereocenters. The third-order valence-corrected chi connectivity index (χ3v) is 5.94. The Balaban J connectivity index is 1.24. The number of amides is 3. The Bertz CT molecular complexity index is 963. The highest BCUT2D eigenvalue weighted by atomic mass is 16.5. The molecule has 2 fully saturated rings. The van der Waals surface area contributed by atoms with Crippen LogP contribution in [0.2, 0.25) is 0 Å². The van der Waals surface area contributed by atoms with Crippen LogP contribution in [0.3, 0.4) is 0 Å². The molecule has 4 rings (SSSR count). The van der Waals surface area contributed by atoms with Gasteiger partial charge in [-0.15, -0.1) is 0 Å². The number of rotatable bonds is 6. The first kappa shape index (κ1) is 22.8. The number of nitrogens with one attached hydrogen (secondary N) is 2. The van der Waals surface area contributed by atoms with E-state index in [4.69, 9.17) is 4.74 Å². The van der Waals surface area contributed by atoms with Crippen LogP contribution in [0.25, 0.3) is 0 Å². The Morgan fingerprint density at radius 2 is 1.21 bits per heavy atom. The largest absolute Gasteiger partial charge is 0.378 e. The third kappa shape index (κ3) is 6.10. The van der Waals surface area contributed by atoms with Crippen LogP contribution in [0.15, 0.2) is 48.5 Å². The summed E-state index contributed by atoms with van der Waals surface area (Å²) in [7, 11) is 0. The minimum atomic E-state index is -0.196. The quantitative estimate of drug-likeness (QED) is 0.706. The summed E-state index contributed by atoms with van der Waals surface area (Å²) in [6, 6.07) is 14.1. The highest BCUT2D eigenvalue weighted by molar-refractivity contribution is 5.97. The Morgan fingerprint density at radius 1 is 0.697 bits per heavy atom. The Morgan fingerprint density at radius 3 is 1.79 bits per heavy atom. The zero-order valence-electron chi connectivity index (χ0n) is 18.7. The molecule has 2 aromatic carbocycles. The summed E-state index contributed by atoms with van der Waals surface area (Å²) >= 11 is 0. The van der Waals surface area contributed by atoms with Gasteiger partial charge in [-0.2, -0.15) is 0 Å². The normalized spacial score (nSPS) is 16.2. The number of anilines is 2. The van der Waals surface area contributed by atoms with Crippen molar-refractivity contribution < 1.29 is 19.1 Å². The van der Waals surface area contributed by atoms with Gasteiger partial charge in [0.25, 0.3) is 11.8 Å². The first-order valence-electron chi connectivity index (χ1n) is 11.5. The monoisotopic (exact) mass is 450 g/mol. The second kappa shape index (κ2) is 11.0. The van der Waals surface area contributed by atoms with Gasteiger partial charge in [0, 0.05) is 48.7 Å². The minimum absolute atomic E-state index is 0.00944. The van der Waals surface area contributed by atoms with Crippen molar-refractivity contribution in [2.24, 2.45) is 0 Å². The number of piperidine rings is 1. The van der Waals surface area contributed by atoms with E-state index in [1.54, 1.807) is 53.4 Å². The van der Waals surface area contributed by atoms with Crippen LogP contribution in [0.1, 0.15) is 40.0 Å². The minimum Gasteiger partial charge on any atom is -0.378 e. The van der Waals surface area contributed by atoms with Gasteiger partial charge in [-0.1, -0.05) is 0 Å².